The Morgan fingerprint density at radius 1 is 0.900 bits per heavy atom. The van der Waals surface area contributed by atoms with Crippen LogP contribution in [0.15, 0.2) is 59.6 Å². The molecule has 20 heavy (non-hydrogen) atoms. The van der Waals surface area contributed by atoms with Crippen LogP contribution >= 0.6 is 0 Å². The lowest BCUT2D eigenvalue weighted by Gasteiger charge is -2.12. The van der Waals surface area contributed by atoms with Gasteiger partial charge in [-0.15, -0.1) is 0 Å². The van der Waals surface area contributed by atoms with Gasteiger partial charge in [0.1, 0.15) is 17.3 Å². The topological polar surface area (TPSA) is 38.7 Å². The molecule has 0 fully saturated rings. The van der Waals surface area contributed by atoms with Gasteiger partial charge in [-0.1, -0.05) is 18.2 Å². The van der Waals surface area contributed by atoms with Crippen LogP contribution in [0.2, 0.25) is 0 Å². The number of ether oxygens (including phenoxy) is 1. The monoisotopic (exact) mass is 265 g/mol. The fourth-order valence-electron chi connectivity index (χ4n) is 2.18. The first-order valence-corrected chi connectivity index (χ1v) is 6.69. The number of Topliss-reactive ketones (excluding diaryl/α,β-unsaturated/α-hetero) is 1. The number of hydrogen-bond donors (Lipinski definition) is 0. The van der Waals surface area contributed by atoms with Crippen molar-refractivity contribution in [1.82, 2.24) is 0 Å². The summed E-state index contributed by atoms with van der Waals surface area (Å²) in [6.45, 7) is 0.608. The normalized spacial score (nSPS) is 14.8. The molecule has 2 aromatic rings. The second-order valence-corrected chi connectivity index (χ2v) is 4.73. The first kappa shape index (κ1) is 12.6. The van der Waals surface area contributed by atoms with Crippen molar-refractivity contribution in [3.8, 4) is 11.5 Å². The maximum Gasteiger partial charge on any atom is 0.140 e. The summed E-state index contributed by atoms with van der Waals surface area (Å²) in [6.07, 6.45) is 1.01. The van der Waals surface area contributed by atoms with E-state index in [0.717, 1.165) is 22.8 Å². The quantitative estimate of drug-likeness (QED) is 0.850. The zero-order valence-electron chi connectivity index (χ0n) is 11.1. The van der Waals surface area contributed by atoms with Crippen molar-refractivity contribution in [3.63, 3.8) is 0 Å². The van der Waals surface area contributed by atoms with Crippen LogP contribution in [0.1, 0.15) is 18.4 Å². The molecule has 0 atom stereocenters. The molecule has 1 heterocycles. The van der Waals surface area contributed by atoms with Gasteiger partial charge < -0.3 is 4.74 Å². The second kappa shape index (κ2) is 5.70. The summed E-state index contributed by atoms with van der Waals surface area (Å²) in [7, 11) is 0. The molecule has 0 saturated heterocycles. The summed E-state index contributed by atoms with van der Waals surface area (Å²) in [4.78, 5) is 15.9. The van der Waals surface area contributed by atoms with Crippen LogP contribution < -0.4 is 4.74 Å². The SMILES string of the molecule is O=C1CCN=C(c2ccc(Oc3ccccc3)cc2)C1. The van der Waals surface area contributed by atoms with Crippen LogP contribution in [0.3, 0.4) is 0 Å². The van der Waals surface area contributed by atoms with Crippen LogP contribution in [0.25, 0.3) is 0 Å². The average Bonchev–Trinajstić information content (AvgIpc) is 2.49. The van der Waals surface area contributed by atoms with Crippen LogP contribution in [-0.2, 0) is 4.79 Å². The molecule has 0 radical (unpaired) electrons. The minimum atomic E-state index is 0.264. The minimum absolute atomic E-state index is 0.264. The predicted molar refractivity (Wildman–Crippen MR) is 78.6 cm³/mol. The Morgan fingerprint density at radius 2 is 1.60 bits per heavy atom. The molecule has 0 aromatic heterocycles. The molecule has 2 aromatic carbocycles. The number of carbonyl (C=O) groups is 1. The van der Waals surface area contributed by atoms with Gasteiger partial charge in [0.2, 0.25) is 0 Å². The van der Waals surface area contributed by atoms with Gasteiger partial charge in [0.15, 0.2) is 0 Å². The van der Waals surface area contributed by atoms with Crippen LogP contribution in [0.5, 0.6) is 11.5 Å². The molecule has 1 aliphatic rings. The molecule has 1 aliphatic heterocycles. The number of carbonyl (C=O) groups excluding carboxylic acids is 1. The Hall–Kier alpha value is -2.42. The summed E-state index contributed by atoms with van der Waals surface area (Å²) >= 11 is 0. The third-order valence-corrected chi connectivity index (χ3v) is 3.22. The van der Waals surface area contributed by atoms with E-state index in [4.69, 9.17) is 4.74 Å². The standard InChI is InChI=1S/C17H15NO2/c19-14-10-11-18-17(12-14)13-6-8-16(9-7-13)20-15-4-2-1-3-5-15/h1-9H,10-12H2. The molecule has 0 saturated carbocycles. The largest absolute Gasteiger partial charge is 0.457 e. The molecule has 0 N–H and O–H groups in total. The van der Waals surface area contributed by atoms with E-state index < -0.39 is 0 Å². The van der Waals surface area contributed by atoms with Crippen LogP contribution in [-0.4, -0.2) is 18.0 Å². The summed E-state index contributed by atoms with van der Waals surface area (Å²) in [5, 5.41) is 0. The fourth-order valence-corrected chi connectivity index (χ4v) is 2.18. The van der Waals surface area contributed by atoms with Gasteiger partial charge in [-0.3, -0.25) is 9.79 Å². The first-order chi connectivity index (χ1) is 9.81. The van der Waals surface area contributed by atoms with Gasteiger partial charge >= 0.3 is 0 Å². The molecular weight excluding hydrogens is 250 g/mol. The maximum absolute atomic E-state index is 11.4. The molecule has 0 aliphatic carbocycles. The highest BCUT2D eigenvalue weighted by Crippen LogP contribution is 2.22. The number of para-hydroxylation sites is 1. The van der Waals surface area contributed by atoms with Crippen molar-refractivity contribution in [2.24, 2.45) is 4.99 Å². The molecule has 0 bridgehead atoms. The number of nitrogens with zero attached hydrogens (tertiary/aromatic N) is 1. The Bertz CT molecular complexity index is 630. The molecule has 3 heteroatoms. The fraction of sp³-hybridized carbons (Fsp3) is 0.176. The van der Waals surface area contributed by atoms with E-state index in [1.807, 2.05) is 54.6 Å². The van der Waals surface area contributed by atoms with Crippen LogP contribution in [0, 0.1) is 0 Å². The van der Waals surface area contributed by atoms with E-state index in [1.54, 1.807) is 0 Å². The molecule has 0 spiro atoms. The summed E-state index contributed by atoms with van der Waals surface area (Å²) in [6, 6.07) is 17.4. The smallest absolute Gasteiger partial charge is 0.140 e. The van der Waals surface area contributed by atoms with E-state index in [-0.39, 0.29) is 5.78 Å². The maximum atomic E-state index is 11.4. The number of ketones is 1. The Labute approximate surface area is 117 Å². The van der Waals surface area contributed by atoms with Crippen molar-refractivity contribution in [3.05, 3.63) is 60.2 Å². The molecule has 3 nitrogen and oxygen atoms in total. The van der Waals surface area contributed by atoms with Crippen molar-refractivity contribution in [2.45, 2.75) is 12.8 Å². The number of aliphatic imine (C=N–C) groups is 1. The Kier molecular flexibility index (Phi) is 3.59. The third kappa shape index (κ3) is 2.94. The Morgan fingerprint density at radius 3 is 2.30 bits per heavy atom. The predicted octanol–water partition coefficient (Wildman–Crippen LogP) is 3.63. The third-order valence-electron chi connectivity index (χ3n) is 3.22. The van der Waals surface area contributed by atoms with Gasteiger partial charge in [-0.25, -0.2) is 0 Å². The lowest BCUT2D eigenvalue weighted by Crippen LogP contribution is -2.16. The highest BCUT2D eigenvalue weighted by atomic mass is 16.5. The lowest BCUT2D eigenvalue weighted by atomic mass is 10.0. The van der Waals surface area contributed by atoms with Gasteiger partial charge in [-0.05, 0) is 42.0 Å². The lowest BCUT2D eigenvalue weighted by molar-refractivity contribution is -0.117. The van der Waals surface area contributed by atoms with Crippen molar-refractivity contribution in [1.29, 1.82) is 0 Å². The highest BCUT2D eigenvalue weighted by Gasteiger charge is 2.14. The van der Waals surface area contributed by atoms with Gasteiger partial charge in [-0.2, -0.15) is 0 Å². The molecule has 100 valence electrons. The van der Waals surface area contributed by atoms with Crippen LogP contribution in [0.4, 0.5) is 0 Å². The van der Waals surface area contributed by atoms with E-state index in [0.29, 0.717) is 19.4 Å². The highest BCUT2D eigenvalue weighted by molar-refractivity contribution is 6.12. The summed E-state index contributed by atoms with van der Waals surface area (Å²) in [5.41, 5.74) is 1.88. The van der Waals surface area contributed by atoms with E-state index in [2.05, 4.69) is 4.99 Å². The van der Waals surface area contributed by atoms with Gasteiger partial charge in [0.05, 0.1) is 0 Å². The van der Waals surface area contributed by atoms with Crippen molar-refractivity contribution in [2.75, 3.05) is 6.54 Å². The van der Waals surface area contributed by atoms with Crippen molar-refractivity contribution < 1.29 is 9.53 Å². The van der Waals surface area contributed by atoms with E-state index in [1.165, 1.54) is 0 Å². The zero-order chi connectivity index (χ0) is 13.8. The van der Waals surface area contributed by atoms with E-state index in [9.17, 15) is 4.79 Å². The first-order valence-electron chi connectivity index (χ1n) is 6.69. The summed E-state index contributed by atoms with van der Waals surface area (Å²) < 4.78 is 5.73. The molecule has 3 rings (SSSR count). The van der Waals surface area contributed by atoms with Gasteiger partial charge in [0.25, 0.3) is 0 Å². The second-order valence-electron chi connectivity index (χ2n) is 4.73. The average molecular weight is 265 g/mol. The molecule has 0 unspecified atom stereocenters. The Balaban J connectivity index is 1.75. The number of benzene rings is 2. The minimum Gasteiger partial charge on any atom is -0.457 e. The molecule has 0 amide bonds. The number of rotatable bonds is 3. The van der Waals surface area contributed by atoms with Crippen molar-refractivity contribution >= 4 is 11.5 Å². The number of hydrogen-bond acceptors (Lipinski definition) is 3. The molecular formula is C17H15NO2. The zero-order valence-corrected chi connectivity index (χ0v) is 11.1. The van der Waals surface area contributed by atoms with Gasteiger partial charge in [0, 0.05) is 25.1 Å². The summed E-state index contributed by atoms with van der Waals surface area (Å²) in [5.74, 6) is 1.85. The van der Waals surface area contributed by atoms with E-state index >= 15 is 0 Å².